The average molecular weight is 310 g/mol. The maximum atomic E-state index is 9.74. The summed E-state index contributed by atoms with van der Waals surface area (Å²) in [5.74, 6) is 0. The Kier molecular flexibility index (Phi) is 4.14. The number of aliphatic hydroxyl groups is 1. The first kappa shape index (κ1) is 13.2. The van der Waals surface area contributed by atoms with Gasteiger partial charge in [-0.05, 0) is 36.6 Å². The summed E-state index contributed by atoms with van der Waals surface area (Å²) in [5, 5.41) is 17.8. The van der Waals surface area contributed by atoms with Gasteiger partial charge in [-0.3, -0.25) is 0 Å². The maximum absolute atomic E-state index is 9.74. The van der Waals surface area contributed by atoms with Crippen LogP contribution in [0.4, 0.5) is 0 Å². The van der Waals surface area contributed by atoms with E-state index < -0.39 is 6.10 Å². The molecular formula is C13H16BrN3O. The Hall–Kier alpha value is -1.20. The topological polar surface area (TPSA) is 50.9 Å². The number of hydrogen-bond acceptors (Lipinski definition) is 3. The van der Waals surface area contributed by atoms with Crippen molar-refractivity contribution in [2.45, 2.75) is 32.8 Å². The lowest BCUT2D eigenvalue weighted by Gasteiger charge is -2.07. The van der Waals surface area contributed by atoms with E-state index in [1.54, 1.807) is 10.9 Å². The van der Waals surface area contributed by atoms with Gasteiger partial charge in [0.05, 0.1) is 18.0 Å². The molecule has 18 heavy (non-hydrogen) atoms. The smallest absolute Gasteiger partial charge is 0.112 e. The van der Waals surface area contributed by atoms with Crippen LogP contribution in [0.2, 0.25) is 0 Å². The second-order valence-electron chi connectivity index (χ2n) is 4.14. The Morgan fingerprint density at radius 1 is 1.39 bits per heavy atom. The van der Waals surface area contributed by atoms with Gasteiger partial charge < -0.3 is 5.11 Å². The van der Waals surface area contributed by atoms with Crippen LogP contribution in [0.25, 0.3) is 5.69 Å². The second-order valence-corrected chi connectivity index (χ2v) is 5.05. The number of rotatable bonds is 4. The van der Waals surface area contributed by atoms with Crippen LogP contribution in [-0.2, 0) is 6.42 Å². The molecule has 2 rings (SSSR count). The van der Waals surface area contributed by atoms with E-state index in [0.717, 1.165) is 16.6 Å². The zero-order chi connectivity index (χ0) is 13.1. The highest BCUT2D eigenvalue weighted by Gasteiger charge is 2.12. The molecule has 0 saturated heterocycles. The monoisotopic (exact) mass is 309 g/mol. The second kappa shape index (κ2) is 5.63. The van der Waals surface area contributed by atoms with Gasteiger partial charge in [0.15, 0.2) is 0 Å². The van der Waals surface area contributed by atoms with Crippen molar-refractivity contribution in [3.63, 3.8) is 0 Å². The highest BCUT2D eigenvalue weighted by molar-refractivity contribution is 9.10. The number of aliphatic hydroxyl groups excluding tert-OH is 1. The summed E-state index contributed by atoms with van der Waals surface area (Å²) in [4.78, 5) is 0. The van der Waals surface area contributed by atoms with Crippen molar-refractivity contribution >= 4 is 15.9 Å². The molecule has 1 aromatic carbocycles. The van der Waals surface area contributed by atoms with Crippen molar-refractivity contribution in [3.05, 3.63) is 40.1 Å². The molecule has 0 fully saturated rings. The van der Waals surface area contributed by atoms with Crippen molar-refractivity contribution in [1.29, 1.82) is 0 Å². The van der Waals surface area contributed by atoms with E-state index in [4.69, 9.17) is 0 Å². The summed E-state index contributed by atoms with van der Waals surface area (Å²) in [6.07, 6.45) is 2.80. The molecule has 1 heterocycles. The highest BCUT2D eigenvalue weighted by Crippen LogP contribution is 2.21. The first-order chi connectivity index (χ1) is 8.65. The van der Waals surface area contributed by atoms with Crippen LogP contribution in [0, 0.1) is 0 Å². The van der Waals surface area contributed by atoms with Gasteiger partial charge in [-0.2, -0.15) is 0 Å². The van der Waals surface area contributed by atoms with Gasteiger partial charge >= 0.3 is 0 Å². The van der Waals surface area contributed by atoms with Crippen LogP contribution in [0.3, 0.4) is 0 Å². The van der Waals surface area contributed by atoms with E-state index >= 15 is 0 Å². The Bertz CT molecular complexity index is 539. The Morgan fingerprint density at radius 3 is 2.83 bits per heavy atom. The average Bonchev–Trinajstić information content (AvgIpc) is 2.87. The van der Waals surface area contributed by atoms with Crippen molar-refractivity contribution < 1.29 is 5.11 Å². The summed E-state index contributed by atoms with van der Waals surface area (Å²) >= 11 is 3.46. The quantitative estimate of drug-likeness (QED) is 0.944. The lowest BCUT2D eigenvalue weighted by atomic mass is 10.1. The molecule has 0 aliphatic carbocycles. The lowest BCUT2D eigenvalue weighted by Crippen LogP contribution is -2.00. The lowest BCUT2D eigenvalue weighted by molar-refractivity contribution is 0.169. The van der Waals surface area contributed by atoms with Gasteiger partial charge in [-0.25, -0.2) is 4.68 Å². The molecule has 0 aliphatic rings. The third kappa shape index (κ3) is 2.62. The molecule has 0 amide bonds. The number of nitrogens with zero attached hydrogens (tertiary/aromatic N) is 3. The van der Waals surface area contributed by atoms with Gasteiger partial charge in [0.2, 0.25) is 0 Å². The number of aryl methyl sites for hydroxylation is 1. The minimum atomic E-state index is -0.542. The molecule has 4 nitrogen and oxygen atoms in total. The molecule has 5 heteroatoms. The zero-order valence-corrected chi connectivity index (χ0v) is 12.1. The van der Waals surface area contributed by atoms with Crippen LogP contribution >= 0.6 is 15.9 Å². The molecular weight excluding hydrogens is 294 g/mol. The Balaban J connectivity index is 2.39. The van der Waals surface area contributed by atoms with Crippen molar-refractivity contribution in [2.75, 3.05) is 0 Å². The molecule has 1 aromatic heterocycles. The fourth-order valence-electron chi connectivity index (χ4n) is 1.82. The molecule has 1 atom stereocenters. The maximum Gasteiger partial charge on any atom is 0.112 e. The normalized spacial score (nSPS) is 12.7. The summed E-state index contributed by atoms with van der Waals surface area (Å²) < 4.78 is 2.77. The van der Waals surface area contributed by atoms with E-state index in [1.807, 2.05) is 19.1 Å². The van der Waals surface area contributed by atoms with E-state index in [1.165, 1.54) is 5.56 Å². The largest absolute Gasteiger partial charge is 0.387 e. The van der Waals surface area contributed by atoms with Gasteiger partial charge in [0, 0.05) is 4.47 Å². The number of benzene rings is 1. The molecule has 96 valence electrons. The van der Waals surface area contributed by atoms with Crippen LogP contribution < -0.4 is 0 Å². The summed E-state index contributed by atoms with van der Waals surface area (Å²) in [6, 6.07) is 6.05. The first-order valence-electron chi connectivity index (χ1n) is 6.04. The summed E-state index contributed by atoms with van der Waals surface area (Å²) in [5.41, 5.74) is 2.80. The van der Waals surface area contributed by atoms with Gasteiger partial charge in [-0.1, -0.05) is 35.0 Å². The molecule has 1 N–H and O–H groups in total. The number of halogens is 1. The third-order valence-corrected chi connectivity index (χ3v) is 3.40. The Labute approximate surface area is 115 Å². The molecule has 0 aliphatic heterocycles. The minimum Gasteiger partial charge on any atom is -0.387 e. The van der Waals surface area contributed by atoms with Gasteiger partial charge in [-0.15, -0.1) is 5.10 Å². The minimum absolute atomic E-state index is 0.542. The van der Waals surface area contributed by atoms with E-state index in [2.05, 4.69) is 39.2 Å². The van der Waals surface area contributed by atoms with Crippen molar-refractivity contribution in [2.24, 2.45) is 0 Å². The fourth-order valence-corrected chi connectivity index (χ4v) is 2.23. The van der Waals surface area contributed by atoms with Gasteiger partial charge in [0.25, 0.3) is 0 Å². The standard InChI is InChI=1S/C13H16BrN3O/c1-3-9-7-10(14)5-6-12(9)17-8-11(15-16-17)13(18)4-2/h5-8,13,18H,3-4H2,1-2H3. The number of hydrogen-bond donors (Lipinski definition) is 1. The van der Waals surface area contributed by atoms with Crippen LogP contribution in [-0.4, -0.2) is 20.1 Å². The highest BCUT2D eigenvalue weighted by atomic mass is 79.9. The van der Waals surface area contributed by atoms with E-state index in [0.29, 0.717) is 12.1 Å². The van der Waals surface area contributed by atoms with E-state index in [-0.39, 0.29) is 0 Å². The van der Waals surface area contributed by atoms with Crippen molar-refractivity contribution in [1.82, 2.24) is 15.0 Å². The van der Waals surface area contributed by atoms with Crippen LogP contribution in [0.15, 0.2) is 28.9 Å². The predicted molar refractivity (Wildman–Crippen MR) is 73.7 cm³/mol. The molecule has 2 aromatic rings. The molecule has 0 spiro atoms. The van der Waals surface area contributed by atoms with E-state index in [9.17, 15) is 5.11 Å². The predicted octanol–water partition coefficient (Wildman–Crippen LogP) is 3.04. The molecule has 0 bridgehead atoms. The fraction of sp³-hybridized carbons (Fsp3) is 0.385. The summed E-state index contributed by atoms with van der Waals surface area (Å²) in [7, 11) is 0. The third-order valence-electron chi connectivity index (χ3n) is 2.91. The van der Waals surface area contributed by atoms with Gasteiger partial charge in [0.1, 0.15) is 5.69 Å². The molecule has 0 saturated carbocycles. The SMILES string of the molecule is CCc1cc(Br)ccc1-n1cc(C(O)CC)nn1. The molecule has 1 unspecified atom stereocenters. The number of aromatic nitrogens is 3. The first-order valence-corrected chi connectivity index (χ1v) is 6.84. The van der Waals surface area contributed by atoms with Crippen molar-refractivity contribution in [3.8, 4) is 5.69 Å². The summed E-state index contributed by atoms with van der Waals surface area (Å²) in [6.45, 7) is 4.02. The zero-order valence-electron chi connectivity index (χ0n) is 10.5. The Morgan fingerprint density at radius 2 is 2.17 bits per heavy atom. The molecule has 0 radical (unpaired) electrons. The van der Waals surface area contributed by atoms with Crippen LogP contribution in [0.1, 0.15) is 37.6 Å². The van der Waals surface area contributed by atoms with Crippen LogP contribution in [0.5, 0.6) is 0 Å².